The van der Waals surface area contributed by atoms with Gasteiger partial charge in [-0.2, -0.15) is 10.1 Å². The van der Waals surface area contributed by atoms with Crippen LogP contribution in [0.5, 0.6) is 0 Å². The molecule has 3 aromatic heterocycles. The molecule has 7 heterocycles. The van der Waals surface area contributed by atoms with Gasteiger partial charge in [0.15, 0.2) is 23.6 Å². The van der Waals surface area contributed by atoms with E-state index >= 15 is 0 Å². The maximum Gasteiger partial charge on any atom is 0.329 e. The number of Topliss-reactive ketones (excluding diaryl/α,β-unsaturated/α-hetero) is 2. The molecule has 714 valence electrons. The van der Waals surface area contributed by atoms with Gasteiger partial charge in [0.2, 0.25) is 11.7 Å². The predicted molar refractivity (Wildman–Crippen MR) is 482 cm³/mol. The fourth-order valence-electron chi connectivity index (χ4n) is 17.5. The summed E-state index contributed by atoms with van der Waals surface area (Å²) in [6.07, 6.45) is 13.5. The third-order valence-electron chi connectivity index (χ3n) is 25.1. The number of anilines is 2. The number of aliphatic hydroxyl groups excluding tert-OH is 3. The molecule has 10 rings (SSSR count). The number of nitrogens with zero attached hydrogens (tertiary/aromatic N) is 8. The maximum absolute atomic E-state index is 14.7. The topological polar surface area (TPSA) is 436 Å². The van der Waals surface area contributed by atoms with E-state index in [1.54, 1.807) is 47.1 Å². The number of amides is 2. The first kappa shape index (κ1) is 103. The number of esters is 1. The zero-order chi connectivity index (χ0) is 92.4. The Bertz CT molecular complexity index is 4520. The molecule has 129 heavy (non-hydrogen) atoms. The molecule has 2 bridgehead atoms. The van der Waals surface area contributed by atoms with Crippen molar-refractivity contribution in [3.8, 4) is 11.3 Å². The number of oxime groups is 1. The number of fused-ring (bicyclic) bond motifs is 6. The number of cyclic esters (lactones) is 1. The second kappa shape index (κ2) is 52.7. The summed E-state index contributed by atoms with van der Waals surface area (Å²) in [5.74, 6) is -7.15. The highest BCUT2D eigenvalue weighted by molar-refractivity contribution is 6.39. The molecule has 8 N–H and O–H groups in total. The van der Waals surface area contributed by atoms with E-state index in [4.69, 9.17) is 87.4 Å². The van der Waals surface area contributed by atoms with Crippen molar-refractivity contribution in [2.24, 2.45) is 40.7 Å². The van der Waals surface area contributed by atoms with Gasteiger partial charge in [0, 0.05) is 90.2 Å². The molecular formula is C95H140N10O24. The summed E-state index contributed by atoms with van der Waals surface area (Å²) >= 11 is 0. The molecule has 34 heteroatoms. The molecule has 16 atom stereocenters. The lowest BCUT2D eigenvalue weighted by Gasteiger charge is -2.43. The van der Waals surface area contributed by atoms with Crippen molar-refractivity contribution < 1.29 is 115 Å². The fraction of sp³-hybridized carbons (Fsp3) is 0.663. The van der Waals surface area contributed by atoms with E-state index in [9.17, 15) is 44.4 Å². The van der Waals surface area contributed by atoms with Gasteiger partial charge in [0.05, 0.1) is 154 Å². The van der Waals surface area contributed by atoms with Gasteiger partial charge >= 0.3 is 5.97 Å². The van der Waals surface area contributed by atoms with Crippen molar-refractivity contribution in [3.63, 3.8) is 0 Å². The lowest BCUT2D eigenvalue weighted by Crippen LogP contribution is -2.61. The number of piperidine rings is 1. The molecule has 2 aromatic carbocycles. The third-order valence-corrected chi connectivity index (χ3v) is 25.1. The number of rotatable bonds is 40. The van der Waals surface area contributed by atoms with Gasteiger partial charge in [-0.3, -0.25) is 19.2 Å². The first-order valence-corrected chi connectivity index (χ1v) is 45.9. The van der Waals surface area contributed by atoms with Crippen LogP contribution in [0.25, 0.3) is 33.4 Å². The standard InChI is InChI=1S/C95H140N10O24/c1-61-17-12-11-13-18-62(2)80(115-8)55-74-26-21-67(7)95(114,129-74)89(111)92(112)104-31-15-14-20-76(104)93(113)127-81(64(4)51-68-23-27-77(107)82(53-68)116-9)56-78(108)63(3)50-66(6)87(110)88(117-10)85(65(5)49-61)102-126-59-73(106)19-16-33-118-35-37-120-39-41-122-43-45-124-47-48-125-46-44-123-42-40-121-38-36-119-34-30-83(109)103-32-29-70-52-69(22-24-72(70)58-103)57-105-91-84(90(96)98-60-99-91)86(101-105)71-25-28-79-75(54-71)100-94(97)128-79/h11-13,17-18,22,24-25,28,50,52,54,60-61,63-65,67-68,74,76-78,80-82,87-88,107-108,110,114H,14-16,19-21,23,26-27,29-49,51,53,55-59H2,1-10H3,(H2,97,100)(H2,96,98,99)/b13-11+,17-12+,62-18+,66-50+,102-85?/t61-,63-,64-,65-,67-,68+,74+,76+,77-,78-,80+,81+,82-,87-,88+,95-/m1/s1. The summed E-state index contributed by atoms with van der Waals surface area (Å²) in [4.78, 5) is 92.1. The van der Waals surface area contributed by atoms with Gasteiger partial charge in [-0.25, -0.2) is 19.4 Å². The molecule has 0 radical (unpaired) electrons. The van der Waals surface area contributed by atoms with Gasteiger partial charge in [0.1, 0.15) is 47.7 Å². The van der Waals surface area contributed by atoms with Crippen LogP contribution in [0.15, 0.2) is 99.9 Å². The van der Waals surface area contributed by atoms with E-state index in [0.29, 0.717) is 234 Å². The van der Waals surface area contributed by atoms with Crippen LogP contribution in [0.4, 0.5) is 11.8 Å². The first-order valence-electron chi connectivity index (χ1n) is 45.9. The molecule has 4 aliphatic heterocycles. The average molecular weight is 1810 g/mol. The number of ketones is 2. The van der Waals surface area contributed by atoms with Gasteiger partial charge in [-0.05, 0) is 155 Å². The third kappa shape index (κ3) is 30.6. The van der Waals surface area contributed by atoms with Gasteiger partial charge < -0.3 is 113 Å². The molecule has 2 saturated heterocycles. The van der Waals surface area contributed by atoms with Crippen LogP contribution in [-0.4, -0.2) is 297 Å². The quantitative estimate of drug-likeness (QED) is 0.00698. The Hall–Kier alpha value is -8.40. The van der Waals surface area contributed by atoms with Crippen LogP contribution >= 0.6 is 0 Å². The number of hydrogen-bond acceptors (Lipinski definition) is 31. The molecule has 3 fully saturated rings. The van der Waals surface area contributed by atoms with Crippen LogP contribution in [-0.2, 0) is 110 Å². The van der Waals surface area contributed by atoms with Crippen molar-refractivity contribution in [2.75, 3.05) is 158 Å². The van der Waals surface area contributed by atoms with Crippen molar-refractivity contribution in [2.45, 2.75) is 225 Å². The number of nitrogen functional groups attached to an aromatic ring is 2. The molecule has 5 aromatic rings. The summed E-state index contributed by atoms with van der Waals surface area (Å²) in [6, 6.07) is 10.8. The van der Waals surface area contributed by atoms with Crippen LogP contribution in [0.3, 0.4) is 0 Å². The molecule has 0 unspecified atom stereocenters. The van der Waals surface area contributed by atoms with E-state index in [-0.39, 0.29) is 92.7 Å². The molecule has 34 nitrogen and oxygen atoms in total. The zero-order valence-electron chi connectivity index (χ0n) is 77.0. The van der Waals surface area contributed by atoms with E-state index in [1.807, 2.05) is 72.9 Å². The highest BCUT2D eigenvalue weighted by atomic mass is 16.6. The van der Waals surface area contributed by atoms with Crippen LogP contribution in [0.1, 0.15) is 161 Å². The van der Waals surface area contributed by atoms with E-state index in [0.717, 1.165) is 28.7 Å². The summed E-state index contributed by atoms with van der Waals surface area (Å²) < 4.78 is 82.9. The number of nitrogens with two attached hydrogens (primary N) is 2. The molecule has 5 aliphatic rings. The summed E-state index contributed by atoms with van der Waals surface area (Å²) in [5.41, 5.74) is 20.4. The van der Waals surface area contributed by atoms with Crippen molar-refractivity contribution in [1.29, 1.82) is 0 Å². The number of oxazole rings is 1. The fourth-order valence-corrected chi connectivity index (χ4v) is 17.5. The predicted octanol–water partition coefficient (Wildman–Crippen LogP) is 9.39. The summed E-state index contributed by atoms with van der Waals surface area (Å²) in [6.45, 7) is 20.4. The minimum atomic E-state index is -2.46. The van der Waals surface area contributed by atoms with E-state index in [1.165, 1.54) is 23.9 Å². The number of aromatic nitrogens is 5. The second-order valence-electron chi connectivity index (χ2n) is 34.8. The largest absolute Gasteiger partial charge is 0.460 e. The van der Waals surface area contributed by atoms with Gasteiger partial charge in [0.25, 0.3) is 17.7 Å². The van der Waals surface area contributed by atoms with Crippen LogP contribution < -0.4 is 11.5 Å². The number of ether oxygens (including phenoxy) is 13. The lowest BCUT2D eigenvalue weighted by molar-refractivity contribution is -0.265. The summed E-state index contributed by atoms with van der Waals surface area (Å²) in [5, 5.41) is 57.4. The molecule has 0 spiro atoms. The van der Waals surface area contributed by atoms with Crippen LogP contribution in [0, 0.1) is 35.5 Å². The Balaban J connectivity index is 0.580. The second-order valence-corrected chi connectivity index (χ2v) is 34.8. The first-order chi connectivity index (χ1) is 62.3. The normalized spacial score (nSPS) is 27.7. The van der Waals surface area contributed by atoms with Crippen molar-refractivity contribution in [1.82, 2.24) is 34.5 Å². The minimum Gasteiger partial charge on any atom is -0.460 e. The molecule has 2 amide bonds. The number of carbonyl (C=O) groups is 5. The lowest BCUT2D eigenvalue weighted by atomic mass is 9.78. The number of aliphatic hydroxyl groups is 4. The van der Waals surface area contributed by atoms with Crippen LogP contribution in [0.2, 0.25) is 0 Å². The molecule has 1 aliphatic carbocycles. The highest BCUT2D eigenvalue weighted by Gasteiger charge is 2.53. The Morgan fingerprint density at radius 1 is 0.698 bits per heavy atom. The monoisotopic (exact) mass is 1810 g/mol. The maximum atomic E-state index is 14.7. The Kier molecular flexibility index (Phi) is 42.0. The SMILES string of the molecule is CO[C@H]1C[C@@H]2CC[C@@H](C)[C@@](O)(O2)C(=O)C(=O)N2CCCC[C@H]2C(=O)O[C@H]([C@H](C)C[C@@H]2CC[C@@H](O)[C@H](OC)C2)C[C@@H](O)[C@H](C)/C=C(\C)[C@@H](O)[C@@H](OC)C(=NOCC(=O)CCCOCCOCCOCCOCCOCCOCCOCCOCCC(=O)N2CCc3cc(Cn4nc(-c5ccc6oc(N)nc6c5)c5c(N)ncnc54)ccc3C2)[C@H](C)C[C@H](C)/C=C/C=C/C=C/1C. The number of allylic oxidation sites excluding steroid dienone is 5. The number of carbonyl (C=O) groups excluding carboxylic acids is 5. The zero-order valence-corrected chi connectivity index (χ0v) is 77.0. The number of hydrogen-bond donors (Lipinski definition) is 6. The average Bonchev–Trinajstić information content (AvgIpc) is 1.61. The molecule has 1 saturated carbocycles. The van der Waals surface area contributed by atoms with E-state index < -0.39 is 84.1 Å². The highest BCUT2D eigenvalue weighted by Crippen LogP contribution is 2.40. The van der Waals surface area contributed by atoms with Gasteiger partial charge in [-0.1, -0.05) is 94.4 Å². The Morgan fingerprint density at radius 3 is 2.05 bits per heavy atom. The minimum absolute atomic E-state index is 0.0223. The van der Waals surface area contributed by atoms with Crippen molar-refractivity contribution in [3.05, 3.63) is 107 Å². The van der Waals surface area contributed by atoms with Crippen molar-refractivity contribution >= 4 is 69.0 Å². The Morgan fingerprint density at radius 2 is 1.38 bits per heavy atom. The van der Waals surface area contributed by atoms with E-state index in [2.05, 4.69) is 45.2 Å². The Labute approximate surface area is 757 Å². The smallest absolute Gasteiger partial charge is 0.329 e. The number of benzene rings is 2. The number of methoxy groups -OCH3 is 3. The molecular weight excluding hydrogens is 1670 g/mol. The summed E-state index contributed by atoms with van der Waals surface area (Å²) in [7, 11) is 4.62. The van der Waals surface area contributed by atoms with Gasteiger partial charge in [-0.15, -0.1) is 0 Å².